The first kappa shape index (κ1) is 16.3. The van der Waals surface area contributed by atoms with Crippen molar-refractivity contribution in [1.82, 2.24) is 5.32 Å². The van der Waals surface area contributed by atoms with Gasteiger partial charge in [-0.25, -0.2) is 0 Å². The van der Waals surface area contributed by atoms with Crippen molar-refractivity contribution in [2.75, 3.05) is 0 Å². The smallest absolute Gasteiger partial charge is 0.387 e. The second kappa shape index (κ2) is 6.88. The Morgan fingerprint density at radius 2 is 2.00 bits per heavy atom. The van der Waals surface area contributed by atoms with Gasteiger partial charge in [0.2, 0.25) is 0 Å². The Morgan fingerprint density at radius 1 is 1.21 bits per heavy atom. The number of benzene rings is 2. The molecular weight excluding hydrogens is 340 g/mol. The molecule has 0 fully saturated rings. The number of halogens is 3. The summed E-state index contributed by atoms with van der Waals surface area (Å²) < 4.78 is 34.6. The average Bonchev–Trinajstić information content (AvgIpc) is 2.96. The Hall–Kier alpha value is -2.60. The van der Waals surface area contributed by atoms with Crippen molar-refractivity contribution >= 4 is 28.5 Å². The molecule has 24 heavy (non-hydrogen) atoms. The molecule has 3 aromatic rings. The lowest BCUT2D eigenvalue weighted by atomic mass is 10.2. The SMILES string of the molecule is O=C(NCc1ccccc1OC(F)F)c1cc2cc(Cl)ccc2o1. The number of fused-ring (bicyclic) bond motifs is 1. The number of ether oxygens (including phenoxy) is 1. The van der Waals surface area contributed by atoms with Gasteiger partial charge in [-0.15, -0.1) is 0 Å². The minimum absolute atomic E-state index is 0.0178. The first-order chi connectivity index (χ1) is 11.5. The number of rotatable bonds is 5. The number of nitrogens with one attached hydrogen (secondary N) is 1. The average molecular weight is 352 g/mol. The van der Waals surface area contributed by atoms with Crippen molar-refractivity contribution in [2.24, 2.45) is 0 Å². The van der Waals surface area contributed by atoms with E-state index in [1.807, 2.05) is 0 Å². The van der Waals surface area contributed by atoms with Crippen molar-refractivity contribution in [3.8, 4) is 5.75 Å². The van der Waals surface area contributed by atoms with Crippen LogP contribution in [0.3, 0.4) is 0 Å². The minimum Gasteiger partial charge on any atom is -0.451 e. The third kappa shape index (κ3) is 3.65. The Morgan fingerprint density at radius 3 is 2.79 bits per heavy atom. The van der Waals surface area contributed by atoms with E-state index >= 15 is 0 Å². The van der Waals surface area contributed by atoms with Crippen molar-refractivity contribution in [3.63, 3.8) is 0 Å². The third-order valence-corrected chi connectivity index (χ3v) is 3.57. The molecule has 0 saturated carbocycles. The molecule has 0 aliphatic carbocycles. The van der Waals surface area contributed by atoms with Crippen molar-refractivity contribution in [3.05, 3.63) is 64.9 Å². The first-order valence-corrected chi connectivity index (χ1v) is 7.41. The predicted molar refractivity (Wildman–Crippen MR) is 85.5 cm³/mol. The van der Waals surface area contributed by atoms with E-state index in [1.54, 1.807) is 42.5 Å². The van der Waals surface area contributed by atoms with Crippen molar-refractivity contribution < 1.29 is 22.7 Å². The predicted octanol–water partition coefficient (Wildman–Crippen LogP) is 4.62. The molecule has 3 rings (SSSR count). The molecule has 4 nitrogen and oxygen atoms in total. The van der Waals surface area contributed by atoms with Gasteiger partial charge in [0.1, 0.15) is 11.3 Å². The lowest BCUT2D eigenvalue weighted by Gasteiger charge is -2.10. The van der Waals surface area contributed by atoms with Crippen LogP contribution in [0.5, 0.6) is 5.75 Å². The summed E-state index contributed by atoms with van der Waals surface area (Å²) >= 11 is 5.89. The molecule has 0 spiro atoms. The Balaban J connectivity index is 1.73. The number of carbonyl (C=O) groups is 1. The van der Waals surface area contributed by atoms with E-state index in [0.717, 1.165) is 0 Å². The Labute approximate surface area is 141 Å². The Kier molecular flexibility index (Phi) is 4.66. The summed E-state index contributed by atoms with van der Waals surface area (Å²) in [6.07, 6.45) is 0. The highest BCUT2D eigenvalue weighted by atomic mass is 35.5. The maximum Gasteiger partial charge on any atom is 0.387 e. The molecule has 0 radical (unpaired) electrons. The highest BCUT2D eigenvalue weighted by Gasteiger charge is 2.14. The minimum atomic E-state index is -2.93. The molecule has 1 amide bonds. The van der Waals surface area contributed by atoms with Crippen LogP contribution in [-0.4, -0.2) is 12.5 Å². The number of para-hydroxylation sites is 1. The number of furan rings is 1. The van der Waals surface area contributed by atoms with Crippen LogP contribution in [0.15, 0.2) is 52.9 Å². The second-order valence-corrected chi connectivity index (χ2v) is 5.40. The lowest BCUT2D eigenvalue weighted by Crippen LogP contribution is -2.22. The molecule has 0 bridgehead atoms. The maximum absolute atomic E-state index is 12.4. The van der Waals surface area contributed by atoms with E-state index in [0.29, 0.717) is 21.6 Å². The summed E-state index contributed by atoms with van der Waals surface area (Å²) in [5.41, 5.74) is 0.969. The van der Waals surface area contributed by atoms with Gasteiger partial charge in [-0.3, -0.25) is 4.79 Å². The summed E-state index contributed by atoms with van der Waals surface area (Å²) in [5, 5.41) is 3.85. The molecule has 0 aliphatic rings. The molecule has 2 aromatic carbocycles. The molecule has 0 unspecified atom stereocenters. The van der Waals surface area contributed by atoms with Gasteiger partial charge in [-0.2, -0.15) is 8.78 Å². The normalized spacial score (nSPS) is 11.0. The zero-order valence-electron chi connectivity index (χ0n) is 12.3. The molecule has 124 valence electrons. The molecule has 7 heteroatoms. The molecule has 1 N–H and O–H groups in total. The van der Waals surface area contributed by atoms with Gasteiger partial charge in [0, 0.05) is 22.5 Å². The van der Waals surface area contributed by atoms with E-state index in [-0.39, 0.29) is 18.1 Å². The van der Waals surface area contributed by atoms with Crippen LogP contribution < -0.4 is 10.1 Å². The van der Waals surface area contributed by atoms with Crippen LogP contribution in [-0.2, 0) is 6.54 Å². The molecule has 1 heterocycles. The monoisotopic (exact) mass is 351 g/mol. The maximum atomic E-state index is 12.4. The lowest BCUT2D eigenvalue weighted by molar-refractivity contribution is -0.0504. The Bertz CT molecular complexity index is 879. The zero-order valence-corrected chi connectivity index (χ0v) is 13.0. The van der Waals surface area contributed by atoms with Gasteiger partial charge >= 0.3 is 6.61 Å². The van der Waals surface area contributed by atoms with Gasteiger partial charge in [-0.1, -0.05) is 29.8 Å². The standard InChI is InChI=1S/C17H12ClF2NO3/c18-12-5-6-14-11(7-12)8-15(23-14)16(22)21-9-10-3-1-2-4-13(10)24-17(19)20/h1-8,17H,9H2,(H,21,22). The number of hydrogen-bond acceptors (Lipinski definition) is 3. The zero-order chi connectivity index (χ0) is 17.1. The number of alkyl halides is 2. The fraction of sp³-hybridized carbons (Fsp3) is 0.118. The van der Waals surface area contributed by atoms with Crippen LogP contribution in [0.4, 0.5) is 8.78 Å². The number of carbonyl (C=O) groups excluding carboxylic acids is 1. The van der Waals surface area contributed by atoms with Crippen LogP contribution in [0.25, 0.3) is 11.0 Å². The second-order valence-electron chi connectivity index (χ2n) is 4.96. The molecule has 0 aliphatic heterocycles. The fourth-order valence-electron chi connectivity index (χ4n) is 2.25. The van der Waals surface area contributed by atoms with E-state index in [2.05, 4.69) is 10.1 Å². The first-order valence-electron chi connectivity index (χ1n) is 7.03. The fourth-order valence-corrected chi connectivity index (χ4v) is 2.43. The van der Waals surface area contributed by atoms with Gasteiger partial charge in [0.05, 0.1) is 0 Å². The molecule has 1 aromatic heterocycles. The molecule has 0 saturated heterocycles. The van der Waals surface area contributed by atoms with E-state index in [9.17, 15) is 13.6 Å². The largest absolute Gasteiger partial charge is 0.451 e. The summed E-state index contributed by atoms with van der Waals surface area (Å²) in [6, 6.07) is 12.8. The summed E-state index contributed by atoms with van der Waals surface area (Å²) in [6.45, 7) is -2.90. The quantitative estimate of drug-likeness (QED) is 0.730. The van der Waals surface area contributed by atoms with Crippen molar-refractivity contribution in [1.29, 1.82) is 0 Å². The van der Waals surface area contributed by atoms with Crippen LogP contribution >= 0.6 is 11.6 Å². The molecular formula is C17H12ClF2NO3. The summed E-state index contributed by atoms with van der Waals surface area (Å²) in [4.78, 5) is 12.2. The third-order valence-electron chi connectivity index (χ3n) is 3.33. The number of amides is 1. The highest BCUT2D eigenvalue weighted by Crippen LogP contribution is 2.24. The van der Waals surface area contributed by atoms with E-state index in [1.165, 1.54) is 6.07 Å². The van der Waals surface area contributed by atoms with E-state index < -0.39 is 12.5 Å². The van der Waals surface area contributed by atoms with Gasteiger partial charge in [0.15, 0.2) is 5.76 Å². The van der Waals surface area contributed by atoms with Gasteiger partial charge in [-0.05, 0) is 30.3 Å². The van der Waals surface area contributed by atoms with Crippen LogP contribution in [0, 0.1) is 0 Å². The van der Waals surface area contributed by atoms with Gasteiger partial charge < -0.3 is 14.5 Å². The van der Waals surface area contributed by atoms with Crippen LogP contribution in [0.1, 0.15) is 16.1 Å². The topological polar surface area (TPSA) is 51.5 Å². The summed E-state index contributed by atoms with van der Waals surface area (Å²) in [5.74, 6) is -0.335. The van der Waals surface area contributed by atoms with Gasteiger partial charge in [0.25, 0.3) is 5.91 Å². The highest BCUT2D eigenvalue weighted by molar-refractivity contribution is 6.31. The summed E-state index contributed by atoms with van der Waals surface area (Å²) in [7, 11) is 0. The van der Waals surface area contributed by atoms with E-state index in [4.69, 9.17) is 16.0 Å². The van der Waals surface area contributed by atoms with Crippen LogP contribution in [0.2, 0.25) is 5.02 Å². The molecule has 0 atom stereocenters. The van der Waals surface area contributed by atoms with Crippen molar-refractivity contribution in [2.45, 2.75) is 13.2 Å². The number of hydrogen-bond donors (Lipinski definition) is 1.